The minimum absolute atomic E-state index is 0.0154. The minimum atomic E-state index is -0.940. The third-order valence-corrected chi connectivity index (χ3v) is 8.39. The van der Waals surface area contributed by atoms with Crippen LogP contribution in [0.15, 0.2) is 29.8 Å². The average molecular weight is 595 g/mol. The number of nitrogens with two attached hydrogens (primary N) is 1. The SMILES string of the molecule is N=C(N)N1CCCC(C[C@H](NC(=O)CN2C(=O)CNC(=O)[C@@H]2Cc2ccc(Cl)c(Cl)c2)C(=O)c2nccs2)C1. The highest BCUT2D eigenvalue weighted by Crippen LogP contribution is 2.25. The molecule has 1 unspecified atom stereocenters. The number of guanidine groups is 1. The standard InChI is InChI=1S/C25H29Cl2N7O4S/c26-16-4-3-14(8-17(16)27)10-19-23(38)31-11-21(36)34(19)13-20(35)32-18(22(37)24-30-5-7-39-24)9-15-2-1-6-33(12-15)25(28)29/h3-5,7-8,15,18-19H,1-2,6,9-13H2,(H3,28,29)(H,31,38)(H,32,35)/t15?,18-,19-/m0/s1. The Kier molecular flexibility index (Phi) is 9.41. The van der Waals surface area contributed by atoms with E-state index >= 15 is 0 Å². The van der Waals surface area contributed by atoms with Gasteiger partial charge in [0.1, 0.15) is 12.6 Å². The van der Waals surface area contributed by atoms with Gasteiger partial charge in [-0.05, 0) is 42.9 Å². The molecule has 0 bridgehead atoms. The number of ketones is 1. The summed E-state index contributed by atoms with van der Waals surface area (Å²) in [5.74, 6) is -1.71. The smallest absolute Gasteiger partial charge is 0.243 e. The molecule has 3 amide bonds. The number of likely N-dealkylation sites (tertiary alicyclic amines) is 1. The van der Waals surface area contributed by atoms with Crippen molar-refractivity contribution in [3.8, 4) is 0 Å². The first-order valence-corrected chi connectivity index (χ1v) is 14.1. The molecule has 208 valence electrons. The van der Waals surface area contributed by atoms with Crippen LogP contribution in [-0.4, -0.2) is 82.5 Å². The Morgan fingerprint density at radius 2 is 2.08 bits per heavy atom. The Hall–Kier alpha value is -3.22. The van der Waals surface area contributed by atoms with Gasteiger partial charge in [-0.2, -0.15) is 0 Å². The van der Waals surface area contributed by atoms with Gasteiger partial charge in [0, 0.05) is 31.1 Å². The lowest BCUT2D eigenvalue weighted by Crippen LogP contribution is -2.61. The van der Waals surface area contributed by atoms with E-state index < -0.39 is 36.3 Å². The number of nitrogens with one attached hydrogen (secondary N) is 3. The maximum Gasteiger partial charge on any atom is 0.243 e. The van der Waals surface area contributed by atoms with Crippen LogP contribution in [0.3, 0.4) is 0 Å². The molecule has 0 saturated carbocycles. The molecule has 39 heavy (non-hydrogen) atoms. The summed E-state index contributed by atoms with van der Waals surface area (Å²) in [5.41, 5.74) is 6.35. The van der Waals surface area contributed by atoms with Crippen molar-refractivity contribution in [1.82, 2.24) is 25.4 Å². The number of Topliss-reactive ketones (excluding diaryl/α,β-unsaturated/α-hetero) is 1. The Morgan fingerprint density at radius 3 is 2.77 bits per heavy atom. The number of carbonyl (C=O) groups is 4. The van der Waals surface area contributed by atoms with Crippen LogP contribution in [0.2, 0.25) is 10.0 Å². The van der Waals surface area contributed by atoms with Crippen LogP contribution in [0, 0.1) is 11.3 Å². The number of piperazine rings is 1. The Bertz CT molecular complexity index is 1260. The lowest BCUT2D eigenvalue weighted by Gasteiger charge is -2.36. The highest BCUT2D eigenvalue weighted by Gasteiger charge is 2.37. The van der Waals surface area contributed by atoms with E-state index in [-0.39, 0.29) is 35.6 Å². The largest absolute Gasteiger partial charge is 0.370 e. The first-order chi connectivity index (χ1) is 18.6. The van der Waals surface area contributed by atoms with Crippen LogP contribution < -0.4 is 16.4 Å². The third kappa shape index (κ3) is 7.25. The number of hydrogen-bond donors (Lipinski definition) is 4. The van der Waals surface area contributed by atoms with Crippen molar-refractivity contribution >= 4 is 64.0 Å². The molecule has 2 aromatic rings. The number of benzene rings is 1. The van der Waals surface area contributed by atoms with E-state index in [9.17, 15) is 19.2 Å². The number of halogens is 2. The number of carbonyl (C=O) groups excluding carboxylic acids is 4. The molecule has 2 aliphatic rings. The van der Waals surface area contributed by atoms with E-state index in [0.29, 0.717) is 35.1 Å². The molecule has 0 radical (unpaired) electrons. The molecule has 1 aromatic carbocycles. The molecular weight excluding hydrogens is 565 g/mol. The van der Waals surface area contributed by atoms with Gasteiger partial charge in [-0.1, -0.05) is 29.3 Å². The van der Waals surface area contributed by atoms with Gasteiger partial charge in [-0.25, -0.2) is 4.98 Å². The number of amides is 3. The molecule has 0 aliphatic carbocycles. The fourth-order valence-electron chi connectivity index (χ4n) is 4.92. The summed E-state index contributed by atoms with van der Waals surface area (Å²) in [4.78, 5) is 59.1. The Labute approximate surface area is 239 Å². The molecule has 4 rings (SSSR count). The number of aromatic nitrogens is 1. The van der Waals surface area contributed by atoms with Crippen LogP contribution in [0.1, 0.15) is 34.6 Å². The molecule has 1 aromatic heterocycles. The van der Waals surface area contributed by atoms with Crippen molar-refractivity contribution in [3.05, 3.63) is 50.4 Å². The van der Waals surface area contributed by atoms with Crippen molar-refractivity contribution in [2.75, 3.05) is 26.2 Å². The third-order valence-electron chi connectivity index (χ3n) is 6.86. The van der Waals surface area contributed by atoms with Gasteiger partial charge in [0.2, 0.25) is 23.5 Å². The predicted octanol–water partition coefficient (Wildman–Crippen LogP) is 1.68. The second-order valence-corrected chi connectivity index (χ2v) is 11.3. The Balaban J connectivity index is 1.49. The number of piperidine rings is 1. The summed E-state index contributed by atoms with van der Waals surface area (Å²) >= 11 is 13.3. The number of hydrogen-bond acceptors (Lipinski definition) is 7. The van der Waals surface area contributed by atoms with Crippen LogP contribution >= 0.6 is 34.5 Å². The van der Waals surface area contributed by atoms with Gasteiger partial charge in [-0.15, -0.1) is 11.3 Å². The van der Waals surface area contributed by atoms with Crippen LogP contribution in [0.25, 0.3) is 0 Å². The maximum atomic E-state index is 13.3. The van der Waals surface area contributed by atoms with Crippen molar-refractivity contribution in [3.63, 3.8) is 0 Å². The van der Waals surface area contributed by atoms with Gasteiger partial charge >= 0.3 is 0 Å². The molecular formula is C25H29Cl2N7O4S. The summed E-state index contributed by atoms with van der Waals surface area (Å²) in [6, 6.07) is 3.10. The molecule has 3 heterocycles. The average Bonchev–Trinajstić information content (AvgIpc) is 3.45. The fraction of sp³-hybridized carbons (Fsp3) is 0.440. The second kappa shape index (κ2) is 12.8. The maximum absolute atomic E-state index is 13.3. The minimum Gasteiger partial charge on any atom is -0.370 e. The topological polar surface area (TPSA) is 162 Å². The highest BCUT2D eigenvalue weighted by atomic mass is 35.5. The van der Waals surface area contributed by atoms with Gasteiger partial charge in [-0.3, -0.25) is 24.6 Å². The summed E-state index contributed by atoms with van der Waals surface area (Å²) < 4.78 is 0. The van der Waals surface area contributed by atoms with Crippen molar-refractivity contribution < 1.29 is 19.2 Å². The first kappa shape index (κ1) is 28.8. The predicted molar refractivity (Wildman–Crippen MR) is 148 cm³/mol. The summed E-state index contributed by atoms with van der Waals surface area (Å²) in [5, 5.41) is 15.7. The molecule has 3 atom stereocenters. The lowest BCUT2D eigenvalue weighted by atomic mass is 9.90. The zero-order valence-corrected chi connectivity index (χ0v) is 23.3. The quantitative estimate of drug-likeness (QED) is 0.195. The van der Waals surface area contributed by atoms with Gasteiger partial charge in [0.05, 0.1) is 22.6 Å². The number of nitrogens with zero attached hydrogens (tertiary/aromatic N) is 3. The van der Waals surface area contributed by atoms with E-state index in [1.54, 1.807) is 28.5 Å². The monoisotopic (exact) mass is 593 g/mol. The van der Waals surface area contributed by atoms with Crippen LogP contribution in [0.4, 0.5) is 0 Å². The number of rotatable bonds is 9. The molecule has 2 saturated heterocycles. The molecule has 5 N–H and O–H groups in total. The molecule has 0 spiro atoms. The molecule has 2 fully saturated rings. The first-order valence-electron chi connectivity index (χ1n) is 12.5. The summed E-state index contributed by atoms with van der Waals surface area (Å²) in [6.07, 6.45) is 3.61. The normalized spacial score (nSPS) is 20.4. The van der Waals surface area contributed by atoms with Gasteiger partial charge in [0.15, 0.2) is 11.0 Å². The van der Waals surface area contributed by atoms with Crippen LogP contribution in [0.5, 0.6) is 0 Å². The fourth-order valence-corrected chi connectivity index (χ4v) is 5.87. The second-order valence-electron chi connectivity index (χ2n) is 9.60. The lowest BCUT2D eigenvalue weighted by molar-refractivity contribution is -0.147. The number of thiazole rings is 1. The summed E-state index contributed by atoms with van der Waals surface area (Å²) in [7, 11) is 0. The van der Waals surface area contributed by atoms with E-state index in [2.05, 4.69) is 15.6 Å². The Morgan fingerprint density at radius 1 is 1.28 bits per heavy atom. The molecule has 14 heteroatoms. The summed E-state index contributed by atoms with van der Waals surface area (Å²) in [6.45, 7) is 0.546. The molecule has 11 nitrogen and oxygen atoms in total. The highest BCUT2D eigenvalue weighted by molar-refractivity contribution is 7.11. The molecule has 2 aliphatic heterocycles. The van der Waals surface area contributed by atoms with Crippen molar-refractivity contribution in [2.45, 2.75) is 37.8 Å². The van der Waals surface area contributed by atoms with Crippen molar-refractivity contribution in [1.29, 1.82) is 5.41 Å². The van der Waals surface area contributed by atoms with E-state index in [1.807, 2.05) is 0 Å². The van der Waals surface area contributed by atoms with E-state index in [4.69, 9.17) is 34.3 Å². The zero-order chi connectivity index (χ0) is 28.1. The van der Waals surface area contributed by atoms with Crippen molar-refractivity contribution in [2.24, 2.45) is 11.7 Å². The zero-order valence-electron chi connectivity index (χ0n) is 21.0. The van der Waals surface area contributed by atoms with Crippen LogP contribution in [-0.2, 0) is 20.8 Å². The van der Waals surface area contributed by atoms with Gasteiger partial charge in [0.25, 0.3) is 0 Å². The van der Waals surface area contributed by atoms with E-state index in [1.165, 1.54) is 22.4 Å². The van der Waals surface area contributed by atoms with E-state index in [0.717, 1.165) is 12.8 Å². The van der Waals surface area contributed by atoms with Gasteiger partial charge < -0.3 is 26.2 Å².